The minimum atomic E-state index is -1.49. The summed E-state index contributed by atoms with van der Waals surface area (Å²) in [5, 5.41) is 0. The summed E-state index contributed by atoms with van der Waals surface area (Å²) < 4.78 is 24.4. The van der Waals surface area contributed by atoms with Gasteiger partial charge in [-0.1, -0.05) is 37.5 Å². The topological polar surface area (TPSA) is 91.8 Å². The lowest BCUT2D eigenvalue weighted by atomic mass is 10.1. The number of nitrogens with one attached hydrogen (secondary N) is 1. The fourth-order valence-electron chi connectivity index (χ4n) is 3.16. The van der Waals surface area contributed by atoms with Crippen molar-refractivity contribution in [3.63, 3.8) is 0 Å². The molecule has 1 aromatic heterocycles. The first-order chi connectivity index (χ1) is 14.5. The van der Waals surface area contributed by atoms with Crippen molar-refractivity contribution in [1.29, 1.82) is 0 Å². The van der Waals surface area contributed by atoms with Crippen LogP contribution >= 0.6 is 8.60 Å². The van der Waals surface area contributed by atoms with Crippen molar-refractivity contribution < 1.29 is 18.3 Å². The lowest BCUT2D eigenvalue weighted by molar-refractivity contribution is -0.0229. The molecule has 3 heterocycles. The third-order valence-corrected chi connectivity index (χ3v) is 5.64. The number of terminal acetylenes is 1. The summed E-state index contributed by atoms with van der Waals surface area (Å²) in [6, 6.07) is 5.92. The Morgan fingerprint density at radius 2 is 2.13 bits per heavy atom. The summed E-state index contributed by atoms with van der Waals surface area (Å²) in [4.78, 5) is 25.8. The van der Waals surface area contributed by atoms with Gasteiger partial charge < -0.3 is 9.26 Å². The fourth-order valence-corrected chi connectivity index (χ4v) is 4.21. The molecular weight excluding hydrogens is 407 g/mol. The van der Waals surface area contributed by atoms with Gasteiger partial charge in [0.25, 0.3) is 5.56 Å². The first kappa shape index (κ1) is 22.3. The summed E-state index contributed by atoms with van der Waals surface area (Å²) >= 11 is 0. The van der Waals surface area contributed by atoms with E-state index in [1.165, 1.54) is 10.8 Å². The predicted molar refractivity (Wildman–Crippen MR) is 113 cm³/mol. The van der Waals surface area contributed by atoms with Gasteiger partial charge in [-0.25, -0.2) is 4.79 Å². The number of rotatable bonds is 4. The van der Waals surface area contributed by atoms with E-state index in [9.17, 15) is 9.59 Å². The molecule has 8 nitrogen and oxygen atoms in total. The van der Waals surface area contributed by atoms with Crippen molar-refractivity contribution in [2.75, 3.05) is 6.61 Å². The molecule has 2 aromatic rings. The number of aryl methyl sites for hydroxylation is 1. The van der Waals surface area contributed by atoms with E-state index in [0.717, 1.165) is 16.9 Å². The Labute approximate surface area is 176 Å². The van der Waals surface area contributed by atoms with Gasteiger partial charge in [0, 0.05) is 11.8 Å². The van der Waals surface area contributed by atoms with Crippen molar-refractivity contribution in [1.82, 2.24) is 9.55 Å². The van der Waals surface area contributed by atoms with E-state index in [-0.39, 0.29) is 18.3 Å². The predicted octanol–water partition coefficient (Wildman–Crippen LogP) is 3.38. The van der Waals surface area contributed by atoms with Gasteiger partial charge in [-0.05, 0) is 25.8 Å². The zero-order valence-electron chi connectivity index (χ0n) is 17.2. The minimum Gasteiger partial charge on any atom is -0.426 e. The van der Waals surface area contributed by atoms with Crippen LogP contribution in [0.5, 0.6) is 5.75 Å². The van der Waals surface area contributed by atoms with E-state index in [1.807, 2.05) is 39.0 Å². The van der Waals surface area contributed by atoms with Crippen LogP contribution in [-0.2, 0) is 20.4 Å². The quantitative estimate of drug-likeness (QED) is 0.588. The maximum Gasteiger partial charge on any atom is 0.397 e. The average Bonchev–Trinajstić information content (AvgIpc) is 3.22. The van der Waals surface area contributed by atoms with Crippen LogP contribution in [0.1, 0.15) is 49.6 Å². The number of benzene rings is 1. The van der Waals surface area contributed by atoms with E-state index < -0.39 is 26.1 Å². The van der Waals surface area contributed by atoms with Crippen molar-refractivity contribution in [2.45, 2.75) is 52.6 Å². The first-order valence-corrected chi connectivity index (χ1v) is 10.9. The van der Waals surface area contributed by atoms with Crippen LogP contribution in [0, 0.1) is 19.3 Å². The van der Waals surface area contributed by atoms with Gasteiger partial charge in [-0.2, -0.15) is 0 Å². The zero-order chi connectivity index (χ0) is 21.7. The summed E-state index contributed by atoms with van der Waals surface area (Å²) in [6.45, 7) is 6.74. The average molecular weight is 432 g/mol. The highest BCUT2D eigenvalue weighted by Gasteiger charge is 2.30. The smallest absolute Gasteiger partial charge is 0.397 e. The number of hydrogen-bond acceptors (Lipinski definition) is 6. The van der Waals surface area contributed by atoms with E-state index in [0.29, 0.717) is 19.4 Å². The molecule has 1 N–H and O–H groups in total. The van der Waals surface area contributed by atoms with Crippen LogP contribution in [0.25, 0.3) is 0 Å². The highest BCUT2D eigenvalue weighted by atomic mass is 31.2. The normalized spacial score (nSPS) is 22.3. The Morgan fingerprint density at radius 3 is 2.90 bits per heavy atom. The molecule has 0 amide bonds. The van der Waals surface area contributed by atoms with E-state index in [4.69, 9.17) is 24.7 Å². The Kier molecular flexibility index (Phi) is 7.46. The second kappa shape index (κ2) is 10.1. The number of aromatic amines is 1. The summed E-state index contributed by atoms with van der Waals surface area (Å²) in [7, 11) is -1.49. The SMILES string of the molecule is C#Cc1cn(C2CCC(COP3OCc4cc(C)ccc4O3)O2)c(=O)[nH]c1=O.CC. The first-order valence-electron chi connectivity index (χ1n) is 9.84. The Balaban J connectivity index is 0.00000124. The molecule has 160 valence electrons. The highest BCUT2D eigenvalue weighted by Crippen LogP contribution is 2.47. The van der Waals surface area contributed by atoms with Crippen LogP contribution in [0.3, 0.4) is 0 Å². The molecule has 0 spiro atoms. The fraction of sp³-hybridized carbons (Fsp3) is 0.429. The lowest BCUT2D eigenvalue weighted by Crippen LogP contribution is -2.33. The summed E-state index contributed by atoms with van der Waals surface area (Å²) in [5.74, 6) is 3.04. The zero-order valence-corrected chi connectivity index (χ0v) is 18.1. The van der Waals surface area contributed by atoms with Gasteiger partial charge in [0.05, 0.1) is 19.3 Å². The number of hydrogen-bond donors (Lipinski definition) is 1. The molecule has 2 aliphatic heterocycles. The molecule has 3 atom stereocenters. The number of ether oxygens (including phenoxy) is 1. The molecule has 1 saturated heterocycles. The molecule has 0 aliphatic carbocycles. The van der Waals surface area contributed by atoms with Crippen molar-refractivity contribution in [2.24, 2.45) is 0 Å². The standard InChI is InChI=1S/C19H19N2O6P.C2H6/c1-3-13-9-21(19(23)20-18(13)22)17-7-5-15(26-17)11-25-28-24-10-14-8-12(2)4-6-16(14)27-28;1-2/h1,4,6,8-9,15,17H,5,7,10-11H2,2H3,(H,20,22,23);1-2H3. The van der Waals surface area contributed by atoms with Crippen LogP contribution in [0.2, 0.25) is 0 Å². The molecule has 4 rings (SSSR count). The van der Waals surface area contributed by atoms with Gasteiger partial charge in [-0.15, -0.1) is 6.42 Å². The second-order valence-electron chi connectivity index (χ2n) is 6.64. The van der Waals surface area contributed by atoms with Crippen molar-refractivity contribution in [3.8, 4) is 18.1 Å². The van der Waals surface area contributed by atoms with Gasteiger partial charge in [0.1, 0.15) is 17.5 Å². The van der Waals surface area contributed by atoms with Crippen LogP contribution in [0.15, 0.2) is 34.0 Å². The maximum atomic E-state index is 12.0. The molecule has 0 saturated carbocycles. The maximum absolute atomic E-state index is 12.0. The van der Waals surface area contributed by atoms with Crippen molar-refractivity contribution >= 4 is 8.60 Å². The molecule has 30 heavy (non-hydrogen) atoms. The molecule has 0 bridgehead atoms. The highest BCUT2D eigenvalue weighted by molar-refractivity contribution is 7.42. The molecule has 2 aliphatic rings. The van der Waals surface area contributed by atoms with Gasteiger partial charge in [-0.3, -0.25) is 23.4 Å². The van der Waals surface area contributed by atoms with Gasteiger partial charge in [0.2, 0.25) is 0 Å². The molecule has 1 fully saturated rings. The van der Waals surface area contributed by atoms with E-state index >= 15 is 0 Å². The van der Waals surface area contributed by atoms with Crippen LogP contribution < -0.4 is 15.8 Å². The minimum absolute atomic E-state index is 0.0873. The van der Waals surface area contributed by atoms with Gasteiger partial charge in [0.15, 0.2) is 0 Å². The van der Waals surface area contributed by atoms with Crippen molar-refractivity contribution in [3.05, 3.63) is 61.9 Å². The number of aromatic nitrogens is 2. The van der Waals surface area contributed by atoms with E-state index in [2.05, 4.69) is 10.9 Å². The number of H-pyrrole nitrogens is 1. The van der Waals surface area contributed by atoms with E-state index in [1.54, 1.807) is 0 Å². The molecule has 0 radical (unpaired) electrons. The third kappa shape index (κ3) is 5.00. The Morgan fingerprint density at radius 1 is 1.33 bits per heavy atom. The molecule has 1 aromatic carbocycles. The molecule has 9 heteroatoms. The lowest BCUT2D eigenvalue weighted by Gasteiger charge is -2.25. The summed E-state index contributed by atoms with van der Waals surface area (Å²) in [5.41, 5.74) is 1.11. The van der Waals surface area contributed by atoms with Crippen LogP contribution in [0.4, 0.5) is 0 Å². The molecular formula is C21H25N2O6P. The second-order valence-corrected chi connectivity index (χ2v) is 7.79. The molecule has 3 unspecified atom stereocenters. The number of nitrogens with zero attached hydrogens (tertiary/aromatic N) is 1. The summed E-state index contributed by atoms with van der Waals surface area (Å²) in [6.07, 6.45) is 7.23. The Hall–Kier alpha value is -2.43. The monoisotopic (exact) mass is 432 g/mol. The van der Waals surface area contributed by atoms with Crippen LogP contribution in [-0.4, -0.2) is 22.3 Å². The Bertz CT molecular complexity index is 1040. The largest absolute Gasteiger partial charge is 0.426 e. The third-order valence-electron chi connectivity index (χ3n) is 4.60. The number of fused-ring (bicyclic) bond motifs is 1. The van der Waals surface area contributed by atoms with Gasteiger partial charge >= 0.3 is 14.3 Å².